The van der Waals surface area contributed by atoms with Gasteiger partial charge in [-0.3, -0.25) is 4.79 Å². The molecule has 1 N–H and O–H groups in total. The minimum absolute atomic E-state index is 0.0759. The van der Waals surface area contributed by atoms with E-state index in [1.807, 2.05) is 18.3 Å². The molecule has 2 fully saturated rings. The zero-order valence-corrected chi connectivity index (χ0v) is 15.0. The molecule has 2 heterocycles. The second-order valence-electron chi connectivity index (χ2n) is 7.98. The molecule has 5 rings (SSSR count). The fourth-order valence-corrected chi connectivity index (χ4v) is 4.34. The third-order valence-electron chi connectivity index (χ3n) is 5.99. The van der Waals surface area contributed by atoms with Crippen molar-refractivity contribution in [2.75, 3.05) is 5.32 Å². The van der Waals surface area contributed by atoms with Crippen molar-refractivity contribution in [1.29, 1.82) is 0 Å². The van der Waals surface area contributed by atoms with Crippen molar-refractivity contribution >= 4 is 5.82 Å². The normalized spacial score (nSPS) is 25.1. The van der Waals surface area contributed by atoms with Crippen LogP contribution in [0.1, 0.15) is 74.0 Å². The molecule has 0 aromatic carbocycles. The first-order valence-electron chi connectivity index (χ1n) is 9.97. The molecule has 0 atom stereocenters. The maximum absolute atomic E-state index is 12.4. The first-order valence-corrected chi connectivity index (χ1v) is 9.97. The van der Waals surface area contributed by atoms with Crippen LogP contribution in [0.25, 0.3) is 0 Å². The number of rotatable bonds is 4. The molecular formula is C20H25N5O. The van der Waals surface area contributed by atoms with Crippen LogP contribution < -0.4 is 10.9 Å². The van der Waals surface area contributed by atoms with Gasteiger partial charge in [0, 0.05) is 24.2 Å². The zero-order valence-electron chi connectivity index (χ0n) is 15.0. The molecular weight excluding hydrogens is 326 g/mol. The minimum atomic E-state index is 0.0759. The summed E-state index contributed by atoms with van der Waals surface area (Å²) in [5.41, 5.74) is 2.38. The fraction of sp³-hybridized carbons (Fsp3) is 0.600. The van der Waals surface area contributed by atoms with E-state index >= 15 is 0 Å². The highest BCUT2D eigenvalue weighted by molar-refractivity contribution is 5.35. The van der Waals surface area contributed by atoms with E-state index < -0.39 is 0 Å². The number of anilines is 1. The van der Waals surface area contributed by atoms with Gasteiger partial charge in [-0.05, 0) is 69.4 Å². The van der Waals surface area contributed by atoms with E-state index in [1.54, 1.807) is 4.68 Å². The van der Waals surface area contributed by atoms with E-state index in [-0.39, 0.29) is 11.6 Å². The Morgan fingerprint density at radius 1 is 1.08 bits per heavy atom. The lowest BCUT2D eigenvalue weighted by atomic mass is 9.91. The lowest BCUT2D eigenvalue weighted by molar-refractivity contribution is 0.301. The molecule has 0 amide bonds. The van der Waals surface area contributed by atoms with Crippen LogP contribution in [0.5, 0.6) is 0 Å². The minimum Gasteiger partial charge on any atom is -0.367 e. The monoisotopic (exact) mass is 351 g/mol. The molecule has 0 unspecified atom stereocenters. The molecule has 3 aliphatic rings. The summed E-state index contributed by atoms with van der Waals surface area (Å²) < 4.78 is 1.76. The lowest BCUT2D eigenvalue weighted by Gasteiger charge is -2.30. The Morgan fingerprint density at radius 3 is 2.73 bits per heavy atom. The van der Waals surface area contributed by atoms with Crippen LogP contribution in [0.4, 0.5) is 5.82 Å². The van der Waals surface area contributed by atoms with Gasteiger partial charge in [-0.2, -0.15) is 5.10 Å². The topological polar surface area (TPSA) is 72.7 Å². The summed E-state index contributed by atoms with van der Waals surface area (Å²) in [4.78, 5) is 21.5. The Bertz CT molecular complexity index is 865. The third kappa shape index (κ3) is 3.13. The molecule has 2 aromatic rings. The van der Waals surface area contributed by atoms with Crippen molar-refractivity contribution in [3.8, 4) is 0 Å². The van der Waals surface area contributed by atoms with Crippen LogP contribution >= 0.6 is 0 Å². The maximum Gasteiger partial charge on any atom is 0.267 e. The highest BCUT2D eigenvalue weighted by atomic mass is 16.1. The zero-order chi connectivity index (χ0) is 17.5. The van der Waals surface area contributed by atoms with Crippen LogP contribution in [0, 0.1) is 0 Å². The Balaban J connectivity index is 1.24. The lowest BCUT2D eigenvalue weighted by Crippen LogP contribution is -2.34. The molecule has 0 spiro atoms. The Hall–Kier alpha value is -2.24. The van der Waals surface area contributed by atoms with Gasteiger partial charge < -0.3 is 5.32 Å². The third-order valence-corrected chi connectivity index (χ3v) is 5.99. The molecule has 0 bridgehead atoms. The summed E-state index contributed by atoms with van der Waals surface area (Å²) in [6.07, 6.45) is 11.5. The molecule has 0 aliphatic heterocycles. The van der Waals surface area contributed by atoms with E-state index in [2.05, 4.69) is 20.4 Å². The van der Waals surface area contributed by atoms with Gasteiger partial charge in [-0.1, -0.05) is 0 Å². The van der Waals surface area contributed by atoms with Crippen LogP contribution in [-0.4, -0.2) is 25.8 Å². The number of nitrogens with one attached hydrogen (secondary N) is 1. The molecule has 3 aliphatic carbocycles. The number of aromatic nitrogens is 4. The van der Waals surface area contributed by atoms with Crippen molar-refractivity contribution in [2.24, 2.45) is 0 Å². The predicted octanol–water partition coefficient (Wildman–Crippen LogP) is 3.00. The van der Waals surface area contributed by atoms with Crippen LogP contribution in [-0.2, 0) is 12.8 Å². The molecule has 0 radical (unpaired) electrons. The van der Waals surface area contributed by atoms with E-state index in [9.17, 15) is 4.79 Å². The Morgan fingerprint density at radius 2 is 1.92 bits per heavy atom. The van der Waals surface area contributed by atoms with Crippen LogP contribution in [0.2, 0.25) is 0 Å². The Labute approximate surface area is 153 Å². The first-order chi connectivity index (χ1) is 12.8. The smallest absolute Gasteiger partial charge is 0.267 e. The highest BCUT2D eigenvalue weighted by Gasteiger charge is 2.28. The average molecular weight is 351 g/mol. The molecule has 2 aromatic heterocycles. The van der Waals surface area contributed by atoms with Crippen molar-refractivity contribution in [2.45, 2.75) is 75.8 Å². The second-order valence-corrected chi connectivity index (χ2v) is 7.98. The number of aryl methyl sites for hydroxylation is 2. The summed E-state index contributed by atoms with van der Waals surface area (Å²) in [7, 11) is 0. The standard InChI is InChI=1S/C20H25N5O/c26-19-12-14-2-1-3-17(14)24-25(19)16-8-6-15(7-9-16)22-18-10-11-21-20(23-18)13-4-5-13/h10-13,15-16H,1-9H2,(H,21,22,23). The van der Waals surface area contributed by atoms with Crippen LogP contribution in [0.15, 0.2) is 23.1 Å². The van der Waals surface area contributed by atoms with Crippen molar-refractivity contribution in [1.82, 2.24) is 19.7 Å². The van der Waals surface area contributed by atoms with E-state index in [0.717, 1.165) is 67.8 Å². The van der Waals surface area contributed by atoms with Gasteiger partial charge in [0.25, 0.3) is 5.56 Å². The van der Waals surface area contributed by atoms with E-state index in [1.165, 1.54) is 12.8 Å². The quantitative estimate of drug-likeness (QED) is 0.917. The summed E-state index contributed by atoms with van der Waals surface area (Å²) in [5, 5.41) is 8.26. The van der Waals surface area contributed by atoms with E-state index in [0.29, 0.717) is 12.0 Å². The second kappa shape index (κ2) is 6.49. The molecule has 136 valence electrons. The van der Waals surface area contributed by atoms with Crippen molar-refractivity contribution < 1.29 is 0 Å². The van der Waals surface area contributed by atoms with Gasteiger partial charge in [0.15, 0.2) is 0 Å². The largest absolute Gasteiger partial charge is 0.367 e. The fourth-order valence-electron chi connectivity index (χ4n) is 4.34. The van der Waals surface area contributed by atoms with Crippen molar-refractivity contribution in [3.63, 3.8) is 0 Å². The average Bonchev–Trinajstić information content (AvgIpc) is 3.41. The summed E-state index contributed by atoms with van der Waals surface area (Å²) in [6, 6.07) is 4.43. The van der Waals surface area contributed by atoms with E-state index in [4.69, 9.17) is 0 Å². The highest BCUT2D eigenvalue weighted by Crippen LogP contribution is 2.38. The maximum atomic E-state index is 12.4. The number of hydrogen-bond acceptors (Lipinski definition) is 5. The summed E-state index contributed by atoms with van der Waals surface area (Å²) in [6.45, 7) is 0. The number of fused-ring (bicyclic) bond motifs is 1. The predicted molar refractivity (Wildman–Crippen MR) is 99.4 cm³/mol. The molecule has 6 nitrogen and oxygen atoms in total. The molecule has 6 heteroatoms. The SMILES string of the molecule is O=c1cc2c(nn1C1CCC(Nc3ccnc(C4CC4)n3)CC1)CCC2. The van der Waals surface area contributed by atoms with Gasteiger partial charge in [0.1, 0.15) is 11.6 Å². The van der Waals surface area contributed by atoms with Gasteiger partial charge in [-0.25, -0.2) is 14.6 Å². The van der Waals surface area contributed by atoms with Crippen LogP contribution in [0.3, 0.4) is 0 Å². The number of nitrogens with zero attached hydrogens (tertiary/aromatic N) is 4. The number of hydrogen-bond donors (Lipinski definition) is 1. The summed E-state index contributed by atoms with van der Waals surface area (Å²) in [5.74, 6) is 2.50. The Kier molecular flexibility index (Phi) is 3.98. The van der Waals surface area contributed by atoms with Crippen molar-refractivity contribution in [3.05, 3.63) is 45.8 Å². The summed E-state index contributed by atoms with van der Waals surface area (Å²) >= 11 is 0. The molecule has 2 saturated carbocycles. The first kappa shape index (κ1) is 16.0. The van der Waals surface area contributed by atoms with Gasteiger partial charge in [0.2, 0.25) is 0 Å². The molecule has 0 saturated heterocycles. The molecule has 26 heavy (non-hydrogen) atoms. The van der Waals surface area contributed by atoms with Gasteiger partial charge in [-0.15, -0.1) is 0 Å². The van der Waals surface area contributed by atoms with Gasteiger partial charge in [0.05, 0.1) is 11.7 Å². The van der Waals surface area contributed by atoms with Gasteiger partial charge >= 0.3 is 0 Å².